The Hall–Kier alpha value is -1.79. The zero-order valence-corrected chi connectivity index (χ0v) is 14.2. The summed E-state index contributed by atoms with van der Waals surface area (Å²) in [5, 5.41) is 9.75. The van der Waals surface area contributed by atoms with Gasteiger partial charge in [0, 0.05) is 44.7 Å². The molecule has 2 aliphatic heterocycles. The summed E-state index contributed by atoms with van der Waals surface area (Å²) in [6.07, 6.45) is 1.33. The van der Waals surface area contributed by atoms with Crippen molar-refractivity contribution < 1.29 is 19.4 Å². The molecule has 6 heteroatoms. The summed E-state index contributed by atoms with van der Waals surface area (Å²) < 4.78 is 11.3. The minimum Gasteiger partial charge on any atom is -0.490 e. The Morgan fingerprint density at radius 1 is 1.17 bits per heavy atom. The van der Waals surface area contributed by atoms with Gasteiger partial charge < -0.3 is 19.5 Å². The maximum Gasteiger partial charge on any atom is 0.254 e. The van der Waals surface area contributed by atoms with Gasteiger partial charge in [0.1, 0.15) is 0 Å². The molecule has 1 amide bonds. The quantitative estimate of drug-likeness (QED) is 0.901. The first-order valence-corrected chi connectivity index (χ1v) is 8.76. The third-order valence-corrected chi connectivity index (χ3v) is 4.59. The number of aliphatic hydroxyl groups is 1. The summed E-state index contributed by atoms with van der Waals surface area (Å²) in [7, 11) is 0. The molecule has 0 bridgehead atoms. The Morgan fingerprint density at radius 2 is 1.88 bits per heavy atom. The number of benzene rings is 1. The molecule has 6 nitrogen and oxygen atoms in total. The molecule has 0 spiro atoms. The lowest BCUT2D eigenvalue weighted by atomic mass is 10.1. The highest BCUT2D eigenvalue weighted by Gasteiger charge is 2.24. The minimum atomic E-state index is -0.283. The molecule has 2 aliphatic rings. The van der Waals surface area contributed by atoms with Crippen molar-refractivity contribution in [1.82, 2.24) is 9.80 Å². The van der Waals surface area contributed by atoms with Gasteiger partial charge >= 0.3 is 0 Å². The monoisotopic (exact) mass is 334 g/mol. The van der Waals surface area contributed by atoms with Crippen LogP contribution in [-0.4, -0.2) is 72.9 Å². The maximum atomic E-state index is 12.7. The van der Waals surface area contributed by atoms with Crippen molar-refractivity contribution in [2.75, 3.05) is 45.9 Å². The fraction of sp³-hybridized carbons (Fsp3) is 0.611. The number of hydrogen-bond donors (Lipinski definition) is 1. The first-order chi connectivity index (χ1) is 11.7. The van der Waals surface area contributed by atoms with Gasteiger partial charge in [0.2, 0.25) is 0 Å². The summed E-state index contributed by atoms with van der Waals surface area (Å²) in [6, 6.07) is 5.42. The summed E-state index contributed by atoms with van der Waals surface area (Å²) in [5.41, 5.74) is 0.640. The molecular formula is C18H26N2O4. The number of carbonyl (C=O) groups is 1. The number of nitrogens with zero attached hydrogens (tertiary/aromatic N) is 2. The molecular weight excluding hydrogens is 308 g/mol. The molecule has 0 radical (unpaired) electrons. The summed E-state index contributed by atoms with van der Waals surface area (Å²) in [6.45, 7) is 6.89. The molecule has 1 aromatic carbocycles. The molecule has 0 aliphatic carbocycles. The van der Waals surface area contributed by atoms with Crippen LogP contribution in [0.4, 0.5) is 0 Å². The lowest BCUT2D eigenvalue weighted by molar-refractivity contribution is 0.0523. The average molecular weight is 334 g/mol. The minimum absolute atomic E-state index is 0.0290. The third kappa shape index (κ3) is 3.99. The van der Waals surface area contributed by atoms with Crippen LogP contribution >= 0.6 is 0 Å². The van der Waals surface area contributed by atoms with E-state index in [9.17, 15) is 9.90 Å². The Labute approximate surface area is 143 Å². The van der Waals surface area contributed by atoms with Crippen molar-refractivity contribution in [2.45, 2.75) is 25.9 Å². The van der Waals surface area contributed by atoms with E-state index >= 15 is 0 Å². The van der Waals surface area contributed by atoms with Crippen molar-refractivity contribution >= 4 is 5.91 Å². The van der Waals surface area contributed by atoms with Crippen LogP contribution in [0.1, 0.15) is 30.1 Å². The molecule has 1 atom stereocenters. The molecule has 0 saturated carbocycles. The van der Waals surface area contributed by atoms with Gasteiger partial charge in [0.05, 0.1) is 19.3 Å². The van der Waals surface area contributed by atoms with Crippen LogP contribution in [0.2, 0.25) is 0 Å². The molecule has 2 heterocycles. The lowest BCUT2D eigenvalue weighted by Crippen LogP contribution is -2.50. The van der Waals surface area contributed by atoms with E-state index in [1.165, 1.54) is 0 Å². The van der Waals surface area contributed by atoms with E-state index in [2.05, 4.69) is 4.90 Å². The van der Waals surface area contributed by atoms with E-state index < -0.39 is 0 Å². The van der Waals surface area contributed by atoms with Gasteiger partial charge in [-0.2, -0.15) is 0 Å². The molecule has 3 rings (SSSR count). The first kappa shape index (κ1) is 17.0. The molecule has 1 saturated heterocycles. The maximum absolute atomic E-state index is 12.7. The highest BCUT2D eigenvalue weighted by atomic mass is 16.5. The second kappa shape index (κ2) is 7.85. The average Bonchev–Trinajstić information content (AvgIpc) is 2.86. The largest absolute Gasteiger partial charge is 0.490 e. The van der Waals surface area contributed by atoms with Crippen LogP contribution in [0.15, 0.2) is 18.2 Å². The topological polar surface area (TPSA) is 62.2 Å². The van der Waals surface area contributed by atoms with Crippen molar-refractivity contribution in [3.63, 3.8) is 0 Å². The molecule has 24 heavy (non-hydrogen) atoms. The van der Waals surface area contributed by atoms with Gasteiger partial charge in [-0.25, -0.2) is 0 Å². The van der Waals surface area contributed by atoms with E-state index in [1.807, 2.05) is 24.0 Å². The molecule has 0 aromatic heterocycles. The Morgan fingerprint density at radius 3 is 2.58 bits per heavy atom. The normalized spacial score (nSPS) is 19.7. The zero-order valence-electron chi connectivity index (χ0n) is 14.2. The van der Waals surface area contributed by atoms with E-state index in [4.69, 9.17) is 9.47 Å². The van der Waals surface area contributed by atoms with E-state index in [-0.39, 0.29) is 12.0 Å². The van der Waals surface area contributed by atoms with Gasteiger partial charge in [-0.15, -0.1) is 0 Å². The highest BCUT2D eigenvalue weighted by molar-refractivity contribution is 5.95. The number of piperazine rings is 1. The number of hydrogen-bond acceptors (Lipinski definition) is 5. The molecule has 1 N–H and O–H groups in total. The van der Waals surface area contributed by atoms with E-state index in [0.29, 0.717) is 49.9 Å². The van der Waals surface area contributed by atoms with Gasteiger partial charge in [0.15, 0.2) is 11.5 Å². The van der Waals surface area contributed by atoms with Crippen molar-refractivity contribution in [3.8, 4) is 11.5 Å². The van der Waals surface area contributed by atoms with Crippen molar-refractivity contribution in [3.05, 3.63) is 23.8 Å². The zero-order chi connectivity index (χ0) is 16.9. The third-order valence-electron chi connectivity index (χ3n) is 4.59. The SMILES string of the molecule is CCC(O)CN1CCN(C(=O)c2ccc3c(c2)OCCCO3)CC1. The molecule has 1 aromatic rings. The van der Waals surface area contributed by atoms with Crippen molar-refractivity contribution in [1.29, 1.82) is 0 Å². The van der Waals surface area contributed by atoms with Crippen LogP contribution in [0.25, 0.3) is 0 Å². The summed E-state index contributed by atoms with van der Waals surface area (Å²) in [5.74, 6) is 1.40. The van der Waals surface area contributed by atoms with Crippen LogP contribution in [-0.2, 0) is 0 Å². The van der Waals surface area contributed by atoms with E-state index in [1.54, 1.807) is 6.07 Å². The summed E-state index contributed by atoms with van der Waals surface area (Å²) in [4.78, 5) is 16.8. The molecule has 1 unspecified atom stereocenters. The van der Waals surface area contributed by atoms with Gasteiger partial charge in [-0.05, 0) is 24.6 Å². The van der Waals surface area contributed by atoms with Crippen LogP contribution in [0.3, 0.4) is 0 Å². The molecule has 1 fully saturated rings. The fourth-order valence-electron chi connectivity index (χ4n) is 3.04. The second-order valence-electron chi connectivity index (χ2n) is 6.37. The summed E-state index contributed by atoms with van der Waals surface area (Å²) >= 11 is 0. The fourth-order valence-corrected chi connectivity index (χ4v) is 3.04. The predicted octanol–water partition coefficient (Wildman–Crippen LogP) is 1.38. The highest BCUT2D eigenvalue weighted by Crippen LogP contribution is 2.30. The van der Waals surface area contributed by atoms with Gasteiger partial charge in [-0.3, -0.25) is 9.69 Å². The van der Waals surface area contributed by atoms with E-state index in [0.717, 1.165) is 25.9 Å². The number of ether oxygens (including phenoxy) is 2. The predicted molar refractivity (Wildman–Crippen MR) is 90.7 cm³/mol. The standard InChI is InChI=1S/C18H26N2O4/c1-2-15(21)13-19-6-8-20(9-7-19)18(22)14-4-5-16-17(12-14)24-11-3-10-23-16/h4-5,12,15,21H,2-3,6-11,13H2,1H3. The number of amides is 1. The van der Waals surface area contributed by atoms with Crippen LogP contribution in [0, 0.1) is 0 Å². The first-order valence-electron chi connectivity index (χ1n) is 8.76. The van der Waals surface area contributed by atoms with Crippen LogP contribution in [0.5, 0.6) is 11.5 Å². The van der Waals surface area contributed by atoms with Gasteiger partial charge in [0.25, 0.3) is 5.91 Å². The number of fused-ring (bicyclic) bond motifs is 1. The second-order valence-corrected chi connectivity index (χ2v) is 6.37. The Bertz CT molecular complexity index is 570. The number of β-amino-alcohol motifs (C(OH)–C–C–N with tert-alkyl or cyclic N) is 1. The Kier molecular flexibility index (Phi) is 5.58. The number of aliphatic hydroxyl groups excluding tert-OH is 1. The smallest absolute Gasteiger partial charge is 0.254 e. The van der Waals surface area contributed by atoms with Crippen molar-refractivity contribution in [2.24, 2.45) is 0 Å². The van der Waals surface area contributed by atoms with Gasteiger partial charge in [-0.1, -0.05) is 6.92 Å². The number of rotatable bonds is 4. The number of carbonyl (C=O) groups excluding carboxylic acids is 1. The lowest BCUT2D eigenvalue weighted by Gasteiger charge is -2.35. The Balaban J connectivity index is 1.60. The van der Waals surface area contributed by atoms with Crippen LogP contribution < -0.4 is 9.47 Å². The molecule has 132 valence electrons.